The molecule has 0 radical (unpaired) electrons. The van der Waals surface area contributed by atoms with E-state index < -0.39 is 0 Å². The largest absolute Gasteiger partial charge is 0.340 e. The molecule has 5 nitrogen and oxygen atoms in total. The van der Waals surface area contributed by atoms with Gasteiger partial charge in [-0.15, -0.1) is 0 Å². The molecule has 2 aromatic rings. The summed E-state index contributed by atoms with van der Waals surface area (Å²) in [7, 11) is 0. The van der Waals surface area contributed by atoms with Gasteiger partial charge in [0.2, 0.25) is 11.8 Å². The fourth-order valence-corrected chi connectivity index (χ4v) is 3.85. The topological polar surface area (TPSA) is 52.7 Å². The highest BCUT2D eigenvalue weighted by Crippen LogP contribution is 2.15. The zero-order chi connectivity index (χ0) is 21.3. The number of benzene rings is 2. The van der Waals surface area contributed by atoms with E-state index in [0.29, 0.717) is 26.1 Å². The first kappa shape index (κ1) is 22.0. The highest BCUT2D eigenvalue weighted by Gasteiger charge is 2.22. The summed E-state index contributed by atoms with van der Waals surface area (Å²) in [6, 6.07) is 16.5. The van der Waals surface area contributed by atoms with Crippen molar-refractivity contribution in [3.63, 3.8) is 0 Å². The Kier molecular flexibility index (Phi) is 8.03. The molecule has 1 aliphatic rings. The summed E-state index contributed by atoms with van der Waals surface area (Å²) >= 11 is 0. The van der Waals surface area contributed by atoms with E-state index in [0.717, 1.165) is 43.6 Å². The van der Waals surface area contributed by atoms with Gasteiger partial charge in [0.25, 0.3) is 0 Å². The van der Waals surface area contributed by atoms with E-state index in [4.69, 9.17) is 0 Å². The third-order valence-electron chi connectivity index (χ3n) is 5.82. The van der Waals surface area contributed by atoms with Gasteiger partial charge < -0.3 is 10.2 Å². The minimum absolute atomic E-state index is 0.00574. The van der Waals surface area contributed by atoms with Crippen LogP contribution in [-0.2, 0) is 28.9 Å². The van der Waals surface area contributed by atoms with Gasteiger partial charge in [-0.05, 0) is 42.0 Å². The number of rotatable bonds is 8. The fraction of sp³-hybridized carbons (Fsp3) is 0.440. The van der Waals surface area contributed by atoms with Crippen LogP contribution in [0.3, 0.4) is 0 Å². The number of aryl methyl sites for hydroxylation is 3. The minimum atomic E-state index is 0.00574. The predicted octanol–water partition coefficient (Wildman–Crippen LogP) is 3.53. The average molecular weight is 408 g/mol. The van der Waals surface area contributed by atoms with Crippen molar-refractivity contribution in [2.75, 3.05) is 38.0 Å². The Labute approximate surface area is 180 Å². The molecule has 0 aliphatic carbocycles. The molecule has 0 bridgehead atoms. The summed E-state index contributed by atoms with van der Waals surface area (Å²) in [6.45, 7) is 7.44. The van der Waals surface area contributed by atoms with E-state index in [1.54, 1.807) is 0 Å². The molecule has 0 atom stereocenters. The molecule has 30 heavy (non-hydrogen) atoms. The van der Waals surface area contributed by atoms with Crippen LogP contribution < -0.4 is 5.32 Å². The quantitative estimate of drug-likeness (QED) is 0.728. The Morgan fingerprint density at radius 2 is 1.53 bits per heavy atom. The van der Waals surface area contributed by atoms with E-state index in [1.807, 2.05) is 29.2 Å². The van der Waals surface area contributed by atoms with Gasteiger partial charge >= 0.3 is 0 Å². The predicted molar refractivity (Wildman–Crippen MR) is 122 cm³/mol. The molecule has 3 rings (SSSR count). The van der Waals surface area contributed by atoms with E-state index in [9.17, 15) is 9.59 Å². The number of hydrogen-bond acceptors (Lipinski definition) is 3. The summed E-state index contributed by atoms with van der Waals surface area (Å²) in [5.74, 6) is 0.210. The van der Waals surface area contributed by atoms with Gasteiger partial charge in [0, 0.05) is 38.3 Å². The lowest BCUT2D eigenvalue weighted by Crippen LogP contribution is -2.50. The molecule has 0 saturated carbocycles. The molecule has 1 aliphatic heterocycles. The summed E-state index contributed by atoms with van der Waals surface area (Å²) in [5, 5.41) is 3.03. The summed E-state index contributed by atoms with van der Waals surface area (Å²) in [6.07, 6.45) is 3.24. The Balaban J connectivity index is 1.40. The molecular formula is C25H33N3O2. The number of carbonyl (C=O) groups excluding carboxylic acids is 2. The molecule has 1 N–H and O–H groups in total. The normalized spacial score (nSPS) is 14.5. The number of para-hydroxylation sites is 1. The first-order valence-electron chi connectivity index (χ1n) is 11.0. The van der Waals surface area contributed by atoms with E-state index in [-0.39, 0.29) is 11.8 Å². The van der Waals surface area contributed by atoms with Crippen molar-refractivity contribution in [3.8, 4) is 0 Å². The highest BCUT2D eigenvalue weighted by atomic mass is 16.2. The minimum Gasteiger partial charge on any atom is -0.340 e. The lowest BCUT2D eigenvalue weighted by molar-refractivity contribution is -0.133. The molecule has 2 amide bonds. The first-order chi connectivity index (χ1) is 14.6. The first-order valence-corrected chi connectivity index (χ1v) is 11.0. The maximum absolute atomic E-state index is 12.6. The van der Waals surface area contributed by atoms with Crippen LogP contribution in [0.15, 0.2) is 48.5 Å². The van der Waals surface area contributed by atoms with Gasteiger partial charge in [-0.2, -0.15) is 0 Å². The molecular weight excluding hydrogens is 374 g/mol. The molecule has 0 unspecified atom stereocenters. The van der Waals surface area contributed by atoms with Crippen molar-refractivity contribution in [1.82, 2.24) is 9.80 Å². The highest BCUT2D eigenvalue weighted by molar-refractivity contribution is 5.93. The van der Waals surface area contributed by atoms with Crippen LogP contribution in [0.25, 0.3) is 0 Å². The Bertz CT molecular complexity index is 840. The van der Waals surface area contributed by atoms with Crippen LogP contribution in [0, 0.1) is 0 Å². The van der Waals surface area contributed by atoms with Crippen LogP contribution in [0.1, 0.15) is 37.0 Å². The van der Waals surface area contributed by atoms with Crippen LogP contribution in [-0.4, -0.2) is 54.3 Å². The maximum Gasteiger partial charge on any atom is 0.238 e. The lowest BCUT2D eigenvalue weighted by Gasteiger charge is -2.34. The Hall–Kier alpha value is -2.66. The number of nitrogens with zero attached hydrogens (tertiary/aromatic N) is 2. The third-order valence-corrected chi connectivity index (χ3v) is 5.82. The SMILES string of the molecule is CCc1ccc(CCC(=O)N2CCN(CC(=O)Nc3ccccc3CC)CC2)cc1. The zero-order valence-electron chi connectivity index (χ0n) is 18.2. The molecule has 1 fully saturated rings. The lowest BCUT2D eigenvalue weighted by atomic mass is 10.1. The average Bonchev–Trinajstić information content (AvgIpc) is 2.78. The number of carbonyl (C=O) groups is 2. The second-order valence-corrected chi connectivity index (χ2v) is 7.89. The van der Waals surface area contributed by atoms with E-state index in [1.165, 1.54) is 11.1 Å². The monoisotopic (exact) mass is 407 g/mol. The molecule has 1 saturated heterocycles. The molecule has 0 spiro atoms. The smallest absolute Gasteiger partial charge is 0.238 e. The maximum atomic E-state index is 12.6. The number of amides is 2. The molecule has 0 aromatic heterocycles. The fourth-order valence-electron chi connectivity index (χ4n) is 3.85. The van der Waals surface area contributed by atoms with Crippen molar-refractivity contribution >= 4 is 17.5 Å². The summed E-state index contributed by atoms with van der Waals surface area (Å²) < 4.78 is 0. The molecule has 1 heterocycles. The van der Waals surface area contributed by atoms with Gasteiger partial charge in [0.1, 0.15) is 0 Å². The van der Waals surface area contributed by atoms with Gasteiger partial charge in [-0.1, -0.05) is 56.3 Å². The van der Waals surface area contributed by atoms with Crippen LogP contribution in [0.5, 0.6) is 0 Å². The van der Waals surface area contributed by atoms with Gasteiger partial charge in [0.05, 0.1) is 6.54 Å². The molecule has 2 aromatic carbocycles. The second kappa shape index (κ2) is 10.9. The molecule has 5 heteroatoms. The third kappa shape index (κ3) is 6.17. The zero-order valence-corrected chi connectivity index (χ0v) is 18.2. The second-order valence-electron chi connectivity index (χ2n) is 7.89. The van der Waals surface area contributed by atoms with E-state index >= 15 is 0 Å². The van der Waals surface area contributed by atoms with Crippen molar-refractivity contribution in [1.29, 1.82) is 0 Å². The number of anilines is 1. The van der Waals surface area contributed by atoms with Crippen LogP contribution in [0.4, 0.5) is 5.69 Å². The van der Waals surface area contributed by atoms with Crippen molar-refractivity contribution in [2.45, 2.75) is 39.5 Å². The van der Waals surface area contributed by atoms with Crippen LogP contribution >= 0.6 is 0 Å². The van der Waals surface area contributed by atoms with Gasteiger partial charge in [-0.3, -0.25) is 14.5 Å². The van der Waals surface area contributed by atoms with Crippen molar-refractivity contribution in [3.05, 3.63) is 65.2 Å². The van der Waals surface area contributed by atoms with Crippen LogP contribution in [0.2, 0.25) is 0 Å². The number of nitrogens with one attached hydrogen (secondary N) is 1. The summed E-state index contributed by atoms with van der Waals surface area (Å²) in [4.78, 5) is 29.1. The van der Waals surface area contributed by atoms with Gasteiger partial charge in [0.15, 0.2) is 0 Å². The van der Waals surface area contributed by atoms with Gasteiger partial charge in [-0.25, -0.2) is 0 Å². The number of piperazine rings is 1. The van der Waals surface area contributed by atoms with E-state index in [2.05, 4.69) is 48.3 Å². The number of hydrogen-bond donors (Lipinski definition) is 1. The Morgan fingerprint density at radius 1 is 0.867 bits per heavy atom. The van der Waals surface area contributed by atoms with Crippen molar-refractivity contribution < 1.29 is 9.59 Å². The summed E-state index contributed by atoms with van der Waals surface area (Å²) in [5.41, 5.74) is 4.57. The van der Waals surface area contributed by atoms with Crippen molar-refractivity contribution in [2.24, 2.45) is 0 Å². The Morgan fingerprint density at radius 3 is 2.20 bits per heavy atom. The standard InChI is InChI=1S/C25H33N3O2/c1-3-20-9-11-21(12-10-20)13-14-25(30)28-17-15-27(16-18-28)19-24(29)26-23-8-6-5-7-22(23)4-2/h5-12H,3-4,13-19H2,1-2H3,(H,26,29). The molecule has 160 valence electrons.